The molecule has 0 aliphatic carbocycles. The van der Waals surface area contributed by atoms with E-state index in [4.69, 9.17) is 0 Å². The van der Waals surface area contributed by atoms with Crippen molar-refractivity contribution >= 4 is 34.0 Å². The van der Waals surface area contributed by atoms with E-state index in [9.17, 15) is 18.2 Å². The van der Waals surface area contributed by atoms with E-state index in [1.807, 2.05) is 30.3 Å². The summed E-state index contributed by atoms with van der Waals surface area (Å²) in [6.07, 6.45) is 0. The summed E-state index contributed by atoms with van der Waals surface area (Å²) >= 11 is 0. The number of amides is 2. The van der Waals surface area contributed by atoms with Crippen LogP contribution in [0.25, 0.3) is 0 Å². The molecule has 5 rings (SSSR count). The fourth-order valence-electron chi connectivity index (χ4n) is 4.65. The molecule has 0 unspecified atom stereocenters. The molecule has 198 valence electrons. The molecule has 0 radical (unpaired) electrons. The van der Waals surface area contributed by atoms with Gasteiger partial charge in [0.25, 0.3) is 11.8 Å². The number of carbonyl (C=O) groups excluding carboxylic acids is 2. The van der Waals surface area contributed by atoms with Crippen molar-refractivity contribution < 1.29 is 18.2 Å². The van der Waals surface area contributed by atoms with Gasteiger partial charge in [-0.3, -0.25) is 9.59 Å². The largest absolute Gasteiger partial charge is 0.370 e. The van der Waals surface area contributed by atoms with Gasteiger partial charge in [-0.2, -0.15) is 0 Å². The summed E-state index contributed by atoms with van der Waals surface area (Å²) in [5.41, 5.74) is 2.87. The maximum absolute atomic E-state index is 13.7. The Hall–Kier alpha value is -4.30. The second-order valence-corrected chi connectivity index (χ2v) is 10.6. The summed E-state index contributed by atoms with van der Waals surface area (Å²) in [4.78, 5) is 31.4. The topological polar surface area (TPSA) is 69.7 Å². The van der Waals surface area contributed by atoms with Crippen molar-refractivity contribution in [3.05, 3.63) is 120 Å². The van der Waals surface area contributed by atoms with Crippen molar-refractivity contribution in [3.8, 4) is 0 Å². The summed E-state index contributed by atoms with van der Waals surface area (Å²) in [6.45, 7) is 4.04. The van der Waals surface area contributed by atoms with Crippen molar-refractivity contribution in [1.29, 1.82) is 0 Å². The molecule has 0 saturated carbocycles. The van der Waals surface area contributed by atoms with Crippen molar-refractivity contribution in [3.63, 3.8) is 0 Å². The number of halogens is 1. The zero-order chi connectivity index (χ0) is 27.4. The first-order valence-electron chi connectivity index (χ1n) is 12.8. The van der Waals surface area contributed by atoms with E-state index in [0.29, 0.717) is 45.3 Å². The van der Waals surface area contributed by atoms with Crippen LogP contribution in [0.4, 0.5) is 15.8 Å². The molecule has 4 aromatic carbocycles. The van der Waals surface area contributed by atoms with Gasteiger partial charge in [0.1, 0.15) is 5.82 Å². The minimum absolute atomic E-state index is 0.130. The number of carbonyl (C=O) groups is 2. The normalized spacial score (nSPS) is 14.3. The molecule has 0 spiro atoms. The molecule has 0 aromatic heterocycles. The van der Waals surface area contributed by atoms with Crippen molar-refractivity contribution in [1.82, 2.24) is 5.32 Å². The third-order valence-corrected chi connectivity index (χ3v) is 8.20. The average Bonchev–Trinajstić information content (AvgIpc) is 3.06. The second kappa shape index (κ2) is 11.6. The zero-order valence-electron chi connectivity index (χ0n) is 21.5. The monoisotopic (exact) mass is 541 g/mol. The Bertz CT molecular complexity index is 1530. The van der Waals surface area contributed by atoms with Crippen molar-refractivity contribution in [2.24, 2.45) is 0 Å². The van der Waals surface area contributed by atoms with Gasteiger partial charge in [-0.15, -0.1) is 0 Å². The third-order valence-electron chi connectivity index (χ3n) is 6.70. The molecular weight excluding hydrogens is 513 g/mol. The third kappa shape index (κ3) is 5.61. The van der Waals surface area contributed by atoms with Gasteiger partial charge in [-0.05, 0) is 67.1 Å². The number of nitrogens with one attached hydrogen (secondary N) is 1. The highest BCUT2D eigenvalue weighted by atomic mass is 32.2. The smallest absolute Gasteiger partial charge is 0.259 e. The lowest BCUT2D eigenvalue weighted by Gasteiger charge is -2.24. The molecule has 8 heteroatoms. The van der Waals surface area contributed by atoms with Crippen LogP contribution in [-0.4, -0.2) is 35.7 Å². The molecule has 1 atom stereocenters. The molecule has 1 aliphatic rings. The number of likely N-dealkylation sites (N-methyl/N-ethyl adjacent to an activating group) is 1. The fraction of sp³-hybridized carbons (Fsp3) is 0.161. The number of benzene rings is 4. The highest BCUT2D eigenvalue weighted by molar-refractivity contribution is 7.85. The van der Waals surface area contributed by atoms with E-state index in [1.54, 1.807) is 54.6 Å². The number of fused-ring (bicyclic) bond motifs is 2. The highest BCUT2D eigenvalue weighted by Gasteiger charge is 2.31. The van der Waals surface area contributed by atoms with E-state index in [2.05, 4.69) is 17.1 Å². The second-order valence-electron chi connectivity index (χ2n) is 9.14. The number of anilines is 2. The van der Waals surface area contributed by atoms with Crippen LogP contribution in [-0.2, 0) is 17.3 Å². The lowest BCUT2D eigenvalue weighted by Crippen LogP contribution is -2.35. The molecule has 0 bridgehead atoms. The molecule has 0 saturated heterocycles. The van der Waals surface area contributed by atoms with Crippen LogP contribution in [0, 0.1) is 5.82 Å². The standard InChI is InChI=1S/C31H28FN3O3S/c1-2-34(25-8-4-3-5-9-25)19-18-33-30(36)23-14-17-29-27(20-23)35(21-22-12-15-24(32)16-13-22)31(37)26-10-6-7-11-28(26)39(29)38/h3-17,20H,2,18-19,21H2,1H3,(H,33,36)/t39-/m0/s1. The quantitative estimate of drug-likeness (QED) is 0.324. The summed E-state index contributed by atoms with van der Waals surface area (Å²) in [5.74, 6) is -0.995. The maximum atomic E-state index is 13.7. The van der Waals surface area contributed by atoms with E-state index >= 15 is 0 Å². The Morgan fingerprint density at radius 3 is 2.38 bits per heavy atom. The Morgan fingerprint density at radius 1 is 0.923 bits per heavy atom. The van der Waals surface area contributed by atoms with Crippen LogP contribution in [0.5, 0.6) is 0 Å². The molecule has 6 nitrogen and oxygen atoms in total. The molecule has 39 heavy (non-hydrogen) atoms. The Morgan fingerprint density at radius 2 is 1.64 bits per heavy atom. The van der Waals surface area contributed by atoms with E-state index in [0.717, 1.165) is 12.2 Å². The predicted molar refractivity (Wildman–Crippen MR) is 151 cm³/mol. The summed E-state index contributed by atoms with van der Waals surface area (Å²) in [6, 6.07) is 27.6. The van der Waals surface area contributed by atoms with Crippen LogP contribution in [0.3, 0.4) is 0 Å². The fourth-order valence-corrected chi connectivity index (χ4v) is 5.99. The molecule has 2 amide bonds. The van der Waals surface area contributed by atoms with Gasteiger partial charge in [-0.1, -0.05) is 42.5 Å². The maximum Gasteiger partial charge on any atom is 0.259 e. The van der Waals surface area contributed by atoms with E-state index in [-0.39, 0.29) is 24.2 Å². The van der Waals surface area contributed by atoms with Crippen LogP contribution < -0.4 is 15.1 Å². The predicted octanol–water partition coefficient (Wildman–Crippen LogP) is 5.41. The van der Waals surface area contributed by atoms with Crippen molar-refractivity contribution in [2.75, 3.05) is 29.4 Å². The number of rotatable bonds is 8. The van der Waals surface area contributed by atoms with Gasteiger partial charge < -0.3 is 15.1 Å². The van der Waals surface area contributed by atoms with Crippen LogP contribution in [0.1, 0.15) is 33.2 Å². The SMILES string of the molecule is CCN(CCNC(=O)c1ccc2c(c1)N(Cc1ccc(F)cc1)C(=O)c1ccccc1[S@@]2=O)c1ccccc1. The Labute approximate surface area is 229 Å². The number of hydrogen-bond donors (Lipinski definition) is 1. The van der Waals surface area contributed by atoms with Gasteiger partial charge in [0, 0.05) is 30.9 Å². The minimum Gasteiger partial charge on any atom is -0.370 e. The van der Waals surface area contributed by atoms with Crippen LogP contribution >= 0.6 is 0 Å². The van der Waals surface area contributed by atoms with E-state index < -0.39 is 10.8 Å². The van der Waals surface area contributed by atoms with E-state index in [1.165, 1.54) is 17.0 Å². The molecular formula is C31H28FN3O3S. The Kier molecular flexibility index (Phi) is 7.84. The van der Waals surface area contributed by atoms with Crippen molar-refractivity contribution in [2.45, 2.75) is 23.3 Å². The van der Waals surface area contributed by atoms with Crippen LogP contribution in [0.15, 0.2) is 107 Å². The molecule has 4 aromatic rings. The first-order chi connectivity index (χ1) is 19.0. The average molecular weight is 542 g/mol. The number of para-hydroxylation sites is 1. The summed E-state index contributed by atoms with van der Waals surface area (Å²) in [5, 5.41) is 2.96. The van der Waals surface area contributed by atoms with Gasteiger partial charge in [0.15, 0.2) is 0 Å². The summed E-state index contributed by atoms with van der Waals surface area (Å²) in [7, 11) is -1.63. The first-order valence-corrected chi connectivity index (χ1v) is 13.9. The first kappa shape index (κ1) is 26.3. The summed E-state index contributed by atoms with van der Waals surface area (Å²) < 4.78 is 27.1. The van der Waals surface area contributed by atoms with Gasteiger partial charge in [0.05, 0.1) is 38.4 Å². The highest BCUT2D eigenvalue weighted by Crippen LogP contribution is 2.36. The lowest BCUT2D eigenvalue weighted by atomic mass is 10.1. The molecule has 1 heterocycles. The molecule has 0 fully saturated rings. The van der Waals surface area contributed by atoms with Gasteiger partial charge in [0.2, 0.25) is 0 Å². The molecule has 1 N–H and O–H groups in total. The van der Waals surface area contributed by atoms with Crippen LogP contribution in [0.2, 0.25) is 0 Å². The zero-order valence-corrected chi connectivity index (χ0v) is 22.3. The number of hydrogen-bond acceptors (Lipinski definition) is 4. The minimum atomic E-state index is -1.63. The van der Waals surface area contributed by atoms with Gasteiger partial charge in [-0.25, -0.2) is 8.60 Å². The Balaban J connectivity index is 1.43. The number of nitrogens with zero attached hydrogens (tertiary/aromatic N) is 2. The molecule has 1 aliphatic heterocycles. The lowest BCUT2D eigenvalue weighted by molar-refractivity contribution is 0.0950. The van der Waals surface area contributed by atoms with Gasteiger partial charge >= 0.3 is 0 Å².